The summed E-state index contributed by atoms with van der Waals surface area (Å²) in [6.07, 6.45) is 0. The fourth-order valence-electron chi connectivity index (χ4n) is 6.00. The minimum Gasteiger partial charge on any atom is -0.456 e. The highest BCUT2D eigenvalue weighted by molar-refractivity contribution is 6.07. The molecule has 2 heteroatoms. The van der Waals surface area contributed by atoms with Crippen LogP contribution in [0.4, 0.5) is 17.1 Å². The second kappa shape index (κ2) is 10.1. The van der Waals surface area contributed by atoms with Crippen molar-refractivity contribution in [2.45, 2.75) is 0 Å². The van der Waals surface area contributed by atoms with Gasteiger partial charge in [0, 0.05) is 27.7 Å². The summed E-state index contributed by atoms with van der Waals surface area (Å²) in [5.41, 5.74) is 9.84. The molecule has 0 aliphatic heterocycles. The molecule has 198 valence electrons. The van der Waals surface area contributed by atoms with E-state index in [9.17, 15) is 0 Å². The fourth-order valence-corrected chi connectivity index (χ4v) is 6.00. The smallest absolute Gasteiger partial charge is 0.135 e. The second-order valence-electron chi connectivity index (χ2n) is 10.6. The van der Waals surface area contributed by atoms with Crippen LogP contribution in [0.15, 0.2) is 168 Å². The molecule has 0 spiro atoms. The van der Waals surface area contributed by atoms with Crippen LogP contribution in [0.2, 0.25) is 0 Å². The van der Waals surface area contributed by atoms with E-state index in [1.807, 2.05) is 12.1 Å². The van der Waals surface area contributed by atoms with E-state index in [0.717, 1.165) is 50.1 Å². The molecule has 42 heavy (non-hydrogen) atoms. The molecule has 7 aromatic carbocycles. The summed E-state index contributed by atoms with van der Waals surface area (Å²) in [5.74, 6) is 0. The summed E-state index contributed by atoms with van der Waals surface area (Å²) in [4.78, 5) is 2.36. The van der Waals surface area contributed by atoms with E-state index in [-0.39, 0.29) is 0 Å². The Kier molecular flexibility index (Phi) is 5.82. The Morgan fingerprint density at radius 1 is 0.381 bits per heavy atom. The molecule has 0 saturated heterocycles. The molecule has 0 atom stereocenters. The van der Waals surface area contributed by atoms with Crippen LogP contribution in [0, 0.1) is 0 Å². The van der Waals surface area contributed by atoms with Crippen LogP contribution in [0.25, 0.3) is 55.0 Å². The number of rotatable bonds is 5. The van der Waals surface area contributed by atoms with E-state index in [0.29, 0.717) is 0 Å². The summed E-state index contributed by atoms with van der Waals surface area (Å²) in [7, 11) is 0. The van der Waals surface area contributed by atoms with E-state index in [2.05, 4.69) is 157 Å². The summed E-state index contributed by atoms with van der Waals surface area (Å²) < 4.78 is 6.13. The topological polar surface area (TPSA) is 16.4 Å². The maximum atomic E-state index is 6.13. The number of furan rings is 1. The first-order valence-corrected chi connectivity index (χ1v) is 14.3. The molecule has 0 saturated carbocycles. The average Bonchev–Trinajstić information content (AvgIpc) is 3.44. The van der Waals surface area contributed by atoms with Crippen molar-refractivity contribution >= 4 is 49.8 Å². The molecule has 0 amide bonds. The van der Waals surface area contributed by atoms with Crippen molar-refractivity contribution in [2.75, 3.05) is 4.90 Å². The van der Waals surface area contributed by atoms with Gasteiger partial charge in [-0.3, -0.25) is 0 Å². The quantitative estimate of drug-likeness (QED) is 0.217. The molecule has 0 unspecified atom stereocenters. The van der Waals surface area contributed by atoms with Crippen molar-refractivity contribution in [3.8, 4) is 22.3 Å². The zero-order chi connectivity index (χ0) is 27.9. The van der Waals surface area contributed by atoms with Gasteiger partial charge in [0.15, 0.2) is 0 Å². The van der Waals surface area contributed by atoms with Gasteiger partial charge < -0.3 is 9.32 Å². The maximum absolute atomic E-state index is 6.13. The standard InChI is InChI=1S/C40H27NO/c1-2-14-33(15-3-1)41(34-16-10-13-30(26-34)31-22-21-28-11-4-5-12-29(28)25-31)38-19-8-6-17-35(38)32-23-24-40-37(27-32)36-18-7-9-20-39(36)42-40/h1-27H. The second-order valence-corrected chi connectivity index (χ2v) is 10.6. The number of hydrogen-bond acceptors (Lipinski definition) is 2. The van der Waals surface area contributed by atoms with Crippen molar-refractivity contribution in [1.29, 1.82) is 0 Å². The summed E-state index contributed by atoms with van der Waals surface area (Å²) in [6.45, 7) is 0. The summed E-state index contributed by atoms with van der Waals surface area (Å²) in [5, 5.41) is 4.75. The molecule has 1 aromatic heterocycles. The van der Waals surface area contributed by atoms with Gasteiger partial charge in [-0.15, -0.1) is 0 Å². The molecule has 2 nitrogen and oxygen atoms in total. The number of hydrogen-bond donors (Lipinski definition) is 0. The number of anilines is 3. The molecule has 8 rings (SSSR count). The van der Waals surface area contributed by atoms with Gasteiger partial charge in [0.1, 0.15) is 11.2 Å². The van der Waals surface area contributed by atoms with Crippen LogP contribution in [-0.4, -0.2) is 0 Å². The monoisotopic (exact) mass is 537 g/mol. The highest BCUT2D eigenvalue weighted by Crippen LogP contribution is 2.43. The van der Waals surface area contributed by atoms with Crippen molar-refractivity contribution in [1.82, 2.24) is 0 Å². The largest absolute Gasteiger partial charge is 0.456 e. The molecule has 0 bridgehead atoms. The van der Waals surface area contributed by atoms with Crippen LogP contribution < -0.4 is 4.90 Å². The molecule has 0 N–H and O–H groups in total. The van der Waals surface area contributed by atoms with Gasteiger partial charge in [-0.25, -0.2) is 0 Å². The first-order valence-electron chi connectivity index (χ1n) is 14.3. The molecule has 8 aromatic rings. The Morgan fingerprint density at radius 3 is 2.00 bits per heavy atom. The minimum atomic E-state index is 0.903. The Balaban J connectivity index is 1.30. The summed E-state index contributed by atoms with van der Waals surface area (Å²) in [6, 6.07) is 58.1. The zero-order valence-electron chi connectivity index (χ0n) is 22.9. The Morgan fingerprint density at radius 2 is 1.07 bits per heavy atom. The molecular weight excluding hydrogens is 510 g/mol. The van der Waals surface area contributed by atoms with E-state index >= 15 is 0 Å². The molecule has 0 fully saturated rings. The molecule has 0 radical (unpaired) electrons. The van der Waals surface area contributed by atoms with Gasteiger partial charge in [-0.05, 0) is 82.1 Å². The SMILES string of the molecule is c1ccc(N(c2cccc(-c3ccc4ccccc4c3)c2)c2ccccc2-c2ccc3oc4ccccc4c3c2)cc1. The van der Waals surface area contributed by atoms with Gasteiger partial charge in [0.2, 0.25) is 0 Å². The predicted molar refractivity (Wildman–Crippen MR) is 177 cm³/mol. The first kappa shape index (κ1) is 24.2. The molecular formula is C40H27NO. The van der Waals surface area contributed by atoms with Crippen LogP contribution in [-0.2, 0) is 0 Å². The normalized spacial score (nSPS) is 11.3. The lowest BCUT2D eigenvalue weighted by molar-refractivity contribution is 0.669. The average molecular weight is 538 g/mol. The number of nitrogens with zero attached hydrogens (tertiary/aromatic N) is 1. The van der Waals surface area contributed by atoms with Crippen LogP contribution >= 0.6 is 0 Å². The van der Waals surface area contributed by atoms with Crippen LogP contribution in [0.3, 0.4) is 0 Å². The highest BCUT2D eigenvalue weighted by Gasteiger charge is 2.18. The van der Waals surface area contributed by atoms with E-state index in [4.69, 9.17) is 4.42 Å². The van der Waals surface area contributed by atoms with E-state index in [1.165, 1.54) is 21.9 Å². The molecule has 0 aliphatic rings. The lowest BCUT2D eigenvalue weighted by Gasteiger charge is -2.28. The highest BCUT2D eigenvalue weighted by atomic mass is 16.3. The number of benzene rings is 7. The van der Waals surface area contributed by atoms with Crippen molar-refractivity contribution in [3.05, 3.63) is 164 Å². The van der Waals surface area contributed by atoms with Crippen molar-refractivity contribution in [2.24, 2.45) is 0 Å². The third kappa shape index (κ3) is 4.22. The van der Waals surface area contributed by atoms with Crippen LogP contribution in [0.1, 0.15) is 0 Å². The first-order chi connectivity index (χ1) is 20.8. The predicted octanol–water partition coefficient (Wildman–Crippen LogP) is 11.5. The Bertz CT molecular complexity index is 2210. The third-order valence-corrected chi connectivity index (χ3v) is 8.03. The van der Waals surface area contributed by atoms with E-state index < -0.39 is 0 Å². The van der Waals surface area contributed by atoms with Gasteiger partial charge in [0.25, 0.3) is 0 Å². The third-order valence-electron chi connectivity index (χ3n) is 8.03. The zero-order valence-corrected chi connectivity index (χ0v) is 22.9. The lowest BCUT2D eigenvalue weighted by Crippen LogP contribution is -2.11. The summed E-state index contributed by atoms with van der Waals surface area (Å²) >= 11 is 0. The Labute approximate surface area is 244 Å². The van der Waals surface area contributed by atoms with Gasteiger partial charge >= 0.3 is 0 Å². The lowest BCUT2D eigenvalue weighted by atomic mass is 9.98. The molecule has 0 aliphatic carbocycles. The fraction of sp³-hybridized carbons (Fsp3) is 0. The Hall–Kier alpha value is -5.60. The van der Waals surface area contributed by atoms with Gasteiger partial charge in [-0.1, -0.05) is 109 Å². The van der Waals surface area contributed by atoms with Gasteiger partial charge in [0.05, 0.1) is 5.69 Å². The maximum Gasteiger partial charge on any atom is 0.135 e. The number of para-hydroxylation sites is 3. The minimum absolute atomic E-state index is 0.903. The van der Waals surface area contributed by atoms with Crippen LogP contribution in [0.5, 0.6) is 0 Å². The van der Waals surface area contributed by atoms with Crippen molar-refractivity contribution in [3.63, 3.8) is 0 Å². The number of fused-ring (bicyclic) bond motifs is 4. The van der Waals surface area contributed by atoms with E-state index in [1.54, 1.807) is 0 Å². The van der Waals surface area contributed by atoms with Gasteiger partial charge in [-0.2, -0.15) is 0 Å². The molecule has 1 heterocycles. The van der Waals surface area contributed by atoms with Crippen molar-refractivity contribution < 1.29 is 4.42 Å².